The molecule has 3 rings (SSSR count). The van der Waals surface area contributed by atoms with Crippen LogP contribution in [0.4, 0.5) is 18.9 Å². The summed E-state index contributed by atoms with van der Waals surface area (Å²) in [5, 5.41) is -0.220. The van der Waals surface area contributed by atoms with Crippen LogP contribution in [-0.4, -0.2) is 42.3 Å². The Kier molecular flexibility index (Phi) is 4.57. The smallest absolute Gasteiger partial charge is 0.314 e. The van der Waals surface area contributed by atoms with Gasteiger partial charge in [0.1, 0.15) is 0 Å². The molecule has 0 aromatic heterocycles. The van der Waals surface area contributed by atoms with Crippen molar-refractivity contribution in [1.82, 2.24) is 0 Å². The number of hydrogen-bond donors (Lipinski definition) is 0. The van der Waals surface area contributed by atoms with Crippen molar-refractivity contribution >= 4 is 50.0 Å². The molecule has 2 heterocycles. The summed E-state index contributed by atoms with van der Waals surface area (Å²) in [6.07, 6.45) is -4.58. The largest absolute Gasteiger partial charge is 0.416 e. The van der Waals surface area contributed by atoms with Gasteiger partial charge in [-0.15, -0.1) is 0 Å². The van der Waals surface area contributed by atoms with Crippen molar-refractivity contribution in [3.05, 3.63) is 28.8 Å². The third-order valence-electron chi connectivity index (χ3n) is 3.85. The molecule has 2 aliphatic heterocycles. The van der Waals surface area contributed by atoms with E-state index in [4.69, 9.17) is 11.6 Å². The van der Waals surface area contributed by atoms with E-state index in [1.165, 1.54) is 11.8 Å². The van der Waals surface area contributed by atoms with Crippen LogP contribution in [-0.2, 0) is 20.8 Å². The minimum Gasteiger partial charge on any atom is -0.314 e. The maximum Gasteiger partial charge on any atom is 0.416 e. The molecule has 1 aromatic carbocycles. The number of anilines is 1. The predicted molar refractivity (Wildman–Crippen MR) is 90.9 cm³/mol. The second-order valence-corrected chi connectivity index (χ2v) is 9.52. The quantitative estimate of drug-likeness (QED) is 0.709. The highest BCUT2D eigenvalue weighted by molar-refractivity contribution is 8.16. The molecule has 2 aliphatic rings. The minimum absolute atomic E-state index is 0.00593. The predicted octanol–water partition coefficient (Wildman–Crippen LogP) is 2.98. The SMILES string of the molecule is CC(=O)N=C1S[C@H]2CS(=O)(=O)C[C@@H]2N1c1cc(C(F)(F)F)ccc1Cl. The highest BCUT2D eigenvalue weighted by atomic mass is 35.5. The van der Waals surface area contributed by atoms with Crippen LogP contribution >= 0.6 is 23.4 Å². The van der Waals surface area contributed by atoms with E-state index in [0.717, 1.165) is 30.0 Å². The fourth-order valence-electron chi connectivity index (χ4n) is 2.85. The summed E-state index contributed by atoms with van der Waals surface area (Å²) >= 11 is 7.15. The normalized spacial score (nSPS) is 26.9. The molecule has 25 heavy (non-hydrogen) atoms. The number of alkyl halides is 3. The molecule has 0 bridgehead atoms. The van der Waals surface area contributed by atoms with Gasteiger partial charge in [-0.3, -0.25) is 4.79 Å². The van der Waals surface area contributed by atoms with Crippen LogP contribution in [0.15, 0.2) is 23.2 Å². The van der Waals surface area contributed by atoms with Crippen molar-refractivity contribution < 1.29 is 26.4 Å². The van der Waals surface area contributed by atoms with E-state index >= 15 is 0 Å². The Labute approximate surface area is 151 Å². The lowest BCUT2D eigenvalue weighted by molar-refractivity contribution is -0.137. The highest BCUT2D eigenvalue weighted by Crippen LogP contribution is 2.44. The molecule has 0 aliphatic carbocycles. The third kappa shape index (κ3) is 3.65. The monoisotopic (exact) mass is 412 g/mol. The van der Waals surface area contributed by atoms with Gasteiger partial charge in [0, 0.05) is 12.2 Å². The van der Waals surface area contributed by atoms with Crippen LogP contribution in [0.1, 0.15) is 12.5 Å². The van der Waals surface area contributed by atoms with Gasteiger partial charge in [0.25, 0.3) is 0 Å². The molecule has 2 fully saturated rings. The second-order valence-electron chi connectivity index (χ2n) is 5.75. The molecular weight excluding hydrogens is 401 g/mol. The van der Waals surface area contributed by atoms with Gasteiger partial charge in [-0.05, 0) is 18.2 Å². The number of rotatable bonds is 1. The number of benzene rings is 1. The zero-order chi connectivity index (χ0) is 18.6. The van der Waals surface area contributed by atoms with Gasteiger partial charge in [0.05, 0.1) is 33.8 Å². The van der Waals surface area contributed by atoms with E-state index in [1.807, 2.05) is 0 Å². The summed E-state index contributed by atoms with van der Waals surface area (Å²) < 4.78 is 62.9. The summed E-state index contributed by atoms with van der Waals surface area (Å²) in [7, 11) is -3.32. The van der Waals surface area contributed by atoms with Gasteiger partial charge in [0.2, 0.25) is 5.91 Å². The summed E-state index contributed by atoms with van der Waals surface area (Å²) in [6.45, 7) is 1.21. The van der Waals surface area contributed by atoms with Gasteiger partial charge < -0.3 is 4.90 Å². The summed E-state index contributed by atoms with van der Waals surface area (Å²) in [6, 6.07) is 2.19. The lowest BCUT2D eigenvalue weighted by atomic mass is 10.1. The van der Waals surface area contributed by atoms with E-state index in [2.05, 4.69) is 4.99 Å². The van der Waals surface area contributed by atoms with Crippen LogP contribution in [0.5, 0.6) is 0 Å². The Morgan fingerprint density at radius 3 is 2.64 bits per heavy atom. The van der Waals surface area contributed by atoms with E-state index in [0.29, 0.717) is 0 Å². The molecule has 136 valence electrons. The van der Waals surface area contributed by atoms with Crippen LogP contribution in [0.3, 0.4) is 0 Å². The number of carbonyl (C=O) groups is 1. The van der Waals surface area contributed by atoms with E-state index in [1.54, 1.807) is 0 Å². The maximum absolute atomic E-state index is 13.0. The molecule has 0 spiro atoms. The van der Waals surface area contributed by atoms with Crippen LogP contribution in [0.25, 0.3) is 0 Å². The molecule has 0 radical (unpaired) electrons. The number of aliphatic imine (C=N–C) groups is 1. The van der Waals surface area contributed by atoms with Crippen LogP contribution < -0.4 is 4.90 Å². The molecule has 1 amide bonds. The van der Waals surface area contributed by atoms with Gasteiger partial charge in [0.15, 0.2) is 15.0 Å². The lowest BCUT2D eigenvalue weighted by Crippen LogP contribution is -2.38. The molecular formula is C14H12ClF3N2O3S2. The van der Waals surface area contributed by atoms with Gasteiger partial charge in [-0.1, -0.05) is 23.4 Å². The van der Waals surface area contributed by atoms with Crippen molar-refractivity contribution in [2.75, 3.05) is 16.4 Å². The van der Waals surface area contributed by atoms with Gasteiger partial charge in [-0.2, -0.15) is 18.2 Å². The van der Waals surface area contributed by atoms with Crippen LogP contribution in [0, 0.1) is 0 Å². The molecule has 11 heteroatoms. The van der Waals surface area contributed by atoms with Crippen molar-refractivity contribution in [3.63, 3.8) is 0 Å². The van der Waals surface area contributed by atoms with E-state index in [-0.39, 0.29) is 27.4 Å². The topological polar surface area (TPSA) is 66.8 Å². The lowest BCUT2D eigenvalue weighted by Gasteiger charge is -2.26. The van der Waals surface area contributed by atoms with Gasteiger partial charge >= 0.3 is 6.18 Å². The standard InChI is InChI=1S/C14H12ClF3N2O3S2/c1-7(21)19-13-20(11-5-25(22,23)6-12(11)24-13)10-4-8(14(16,17)18)2-3-9(10)15/h2-4,11-12H,5-6H2,1H3/t11-,12-/m0/s1. The van der Waals surface area contributed by atoms with Crippen molar-refractivity contribution in [3.8, 4) is 0 Å². The summed E-state index contributed by atoms with van der Waals surface area (Å²) in [5.74, 6) is -0.876. The number of sulfone groups is 1. The Balaban J connectivity index is 2.12. The Bertz CT molecular complexity index is 871. The minimum atomic E-state index is -4.58. The van der Waals surface area contributed by atoms with E-state index < -0.39 is 38.8 Å². The second kappa shape index (κ2) is 6.17. The zero-order valence-electron chi connectivity index (χ0n) is 12.7. The van der Waals surface area contributed by atoms with Crippen molar-refractivity contribution in [2.45, 2.75) is 24.4 Å². The number of halogens is 4. The molecule has 0 saturated carbocycles. The van der Waals surface area contributed by atoms with Gasteiger partial charge in [-0.25, -0.2) is 8.42 Å². The highest BCUT2D eigenvalue weighted by Gasteiger charge is 2.50. The van der Waals surface area contributed by atoms with Crippen molar-refractivity contribution in [1.29, 1.82) is 0 Å². The first kappa shape index (κ1) is 18.5. The summed E-state index contributed by atoms with van der Waals surface area (Å²) in [4.78, 5) is 16.6. The molecule has 2 saturated heterocycles. The molecule has 0 N–H and O–H groups in total. The Morgan fingerprint density at radius 2 is 2.04 bits per heavy atom. The average molecular weight is 413 g/mol. The number of hydrogen-bond acceptors (Lipinski definition) is 4. The van der Waals surface area contributed by atoms with Crippen molar-refractivity contribution in [2.24, 2.45) is 4.99 Å². The summed E-state index contributed by atoms with van der Waals surface area (Å²) in [5.41, 5.74) is -0.919. The first-order chi connectivity index (χ1) is 11.5. The fourth-order valence-corrected chi connectivity index (χ4v) is 7.01. The zero-order valence-corrected chi connectivity index (χ0v) is 15.1. The Morgan fingerprint density at radius 1 is 1.36 bits per heavy atom. The number of amidine groups is 1. The number of nitrogens with zero attached hydrogens (tertiary/aromatic N) is 2. The van der Waals surface area contributed by atoms with Crippen LogP contribution in [0.2, 0.25) is 5.02 Å². The third-order valence-corrected chi connectivity index (χ3v) is 7.38. The molecule has 5 nitrogen and oxygen atoms in total. The fraction of sp³-hybridized carbons (Fsp3) is 0.429. The molecule has 2 atom stereocenters. The molecule has 1 aromatic rings. The maximum atomic E-state index is 13.0. The number of fused-ring (bicyclic) bond motifs is 1. The average Bonchev–Trinajstić information content (AvgIpc) is 2.89. The Hall–Kier alpha value is -1.26. The number of thioether (sulfide) groups is 1. The first-order valence-corrected chi connectivity index (χ1v) is 10.2. The number of carbonyl (C=O) groups excluding carboxylic acids is 1. The molecule has 0 unspecified atom stereocenters. The van der Waals surface area contributed by atoms with E-state index in [9.17, 15) is 26.4 Å². The first-order valence-electron chi connectivity index (χ1n) is 7.10. The number of amides is 1.